The zero-order valence-corrected chi connectivity index (χ0v) is 15.0. The molecule has 1 aliphatic heterocycles. The lowest BCUT2D eigenvalue weighted by atomic mass is 9.93. The van der Waals surface area contributed by atoms with Crippen molar-refractivity contribution in [2.24, 2.45) is 10.8 Å². The summed E-state index contributed by atoms with van der Waals surface area (Å²) in [5.41, 5.74) is 6.42. The molecule has 0 saturated carbocycles. The first-order valence-corrected chi connectivity index (χ1v) is 8.54. The molecule has 140 valence electrons. The number of Topliss-reactive ketones (excluding diaryl/α,β-unsaturated/α-hetero) is 2. The summed E-state index contributed by atoms with van der Waals surface area (Å²) >= 11 is 0. The lowest BCUT2D eigenvalue weighted by molar-refractivity contribution is -0.628. The number of carbonyl (C=O) groups is 3. The van der Waals surface area contributed by atoms with Crippen LogP contribution in [0.1, 0.15) is 19.8 Å². The van der Waals surface area contributed by atoms with Crippen molar-refractivity contribution in [3.05, 3.63) is 30.3 Å². The smallest absolute Gasteiger partial charge is 0.376 e. The fourth-order valence-electron chi connectivity index (χ4n) is 2.82. The van der Waals surface area contributed by atoms with E-state index < -0.39 is 29.6 Å². The average molecular weight is 362 g/mol. The molecule has 0 radical (unpaired) electrons. The Morgan fingerprint density at radius 2 is 1.96 bits per heavy atom. The first kappa shape index (κ1) is 19.9. The van der Waals surface area contributed by atoms with Crippen molar-refractivity contribution in [1.82, 2.24) is 0 Å². The number of methoxy groups -OCH3 is 1. The van der Waals surface area contributed by atoms with Crippen molar-refractivity contribution in [3.63, 3.8) is 0 Å². The quantitative estimate of drug-likeness (QED) is 0.335. The van der Waals surface area contributed by atoms with Crippen molar-refractivity contribution < 1.29 is 28.6 Å². The molecular formula is C18H24N3O5+. The molecule has 0 amide bonds. The molecule has 26 heavy (non-hydrogen) atoms. The van der Waals surface area contributed by atoms with E-state index in [4.69, 9.17) is 10.5 Å². The van der Waals surface area contributed by atoms with E-state index in [-0.39, 0.29) is 12.7 Å². The lowest BCUT2D eigenvalue weighted by Gasteiger charge is -2.24. The molecule has 0 bridgehead atoms. The van der Waals surface area contributed by atoms with Gasteiger partial charge in [-0.3, -0.25) is 9.59 Å². The molecule has 1 aromatic carbocycles. The summed E-state index contributed by atoms with van der Waals surface area (Å²) in [5.74, 6) is -2.67. The van der Waals surface area contributed by atoms with E-state index in [1.54, 1.807) is 18.7 Å². The van der Waals surface area contributed by atoms with Gasteiger partial charge >= 0.3 is 5.97 Å². The zero-order valence-electron chi connectivity index (χ0n) is 15.0. The molecule has 8 nitrogen and oxygen atoms in total. The Morgan fingerprint density at radius 1 is 1.27 bits per heavy atom. The van der Waals surface area contributed by atoms with E-state index in [9.17, 15) is 14.4 Å². The van der Waals surface area contributed by atoms with E-state index in [1.807, 2.05) is 30.3 Å². The largest absolute Gasteiger partial charge is 0.460 e. The van der Waals surface area contributed by atoms with Crippen LogP contribution in [-0.2, 0) is 23.9 Å². The van der Waals surface area contributed by atoms with Crippen molar-refractivity contribution >= 4 is 23.2 Å². The van der Waals surface area contributed by atoms with Crippen molar-refractivity contribution in [2.75, 3.05) is 20.3 Å². The van der Waals surface area contributed by atoms with Crippen LogP contribution in [0.5, 0.6) is 0 Å². The molecule has 0 spiro atoms. The van der Waals surface area contributed by atoms with E-state index in [0.29, 0.717) is 25.1 Å². The molecule has 1 aromatic rings. The summed E-state index contributed by atoms with van der Waals surface area (Å²) in [5, 5.41) is 4.49. The number of benzene rings is 1. The van der Waals surface area contributed by atoms with Crippen LogP contribution in [0.3, 0.4) is 0 Å². The van der Waals surface area contributed by atoms with Gasteiger partial charge in [0.05, 0.1) is 6.61 Å². The Morgan fingerprint density at radius 3 is 2.58 bits per heavy atom. The fraction of sp³-hybridized carbons (Fsp3) is 0.500. The second kappa shape index (κ2) is 9.30. The first-order chi connectivity index (χ1) is 12.5. The molecule has 2 rings (SSSR count). The number of azo groups is 2. The Balaban J connectivity index is 2.23. The Labute approximate surface area is 152 Å². The molecule has 1 fully saturated rings. The predicted molar refractivity (Wildman–Crippen MR) is 92.1 cm³/mol. The van der Waals surface area contributed by atoms with Crippen LogP contribution in [0.4, 0.5) is 5.69 Å². The molecular weight excluding hydrogens is 338 g/mol. The van der Waals surface area contributed by atoms with Gasteiger partial charge in [-0.25, -0.2) is 4.79 Å². The highest BCUT2D eigenvalue weighted by Crippen LogP contribution is 2.21. The van der Waals surface area contributed by atoms with Gasteiger partial charge in [-0.2, -0.15) is 0 Å². The van der Waals surface area contributed by atoms with Crippen LogP contribution < -0.4 is 5.73 Å². The number of piperidine rings is 1. The van der Waals surface area contributed by atoms with Crippen molar-refractivity contribution in [1.29, 1.82) is 0 Å². The highest BCUT2D eigenvalue weighted by Gasteiger charge is 2.44. The number of nitrogens with two attached hydrogens (primary N) is 1. The molecule has 8 heteroatoms. The third-order valence-corrected chi connectivity index (χ3v) is 4.24. The van der Waals surface area contributed by atoms with Gasteiger partial charge in [-0.1, -0.05) is 18.2 Å². The number of carbonyl (C=O) groups excluding carboxylic acids is 3. The zero-order chi connectivity index (χ0) is 19.1. The van der Waals surface area contributed by atoms with Crippen LogP contribution in [-0.4, -0.2) is 60.7 Å². The van der Waals surface area contributed by atoms with Crippen molar-refractivity contribution in [3.8, 4) is 0 Å². The third-order valence-electron chi connectivity index (χ3n) is 4.24. The second-order valence-corrected chi connectivity index (χ2v) is 5.97. The minimum absolute atomic E-state index is 0.0416. The molecule has 0 aromatic heterocycles. The van der Waals surface area contributed by atoms with Gasteiger partial charge in [-0.15, -0.1) is 4.70 Å². The van der Waals surface area contributed by atoms with Gasteiger partial charge in [-0.05, 0) is 30.6 Å². The van der Waals surface area contributed by atoms with Crippen LogP contribution in [0.15, 0.2) is 35.4 Å². The van der Waals surface area contributed by atoms with Crippen LogP contribution in [0.2, 0.25) is 0 Å². The molecule has 1 saturated heterocycles. The maximum Gasteiger partial charge on any atom is 0.376 e. The van der Waals surface area contributed by atoms with E-state index in [1.165, 1.54) is 0 Å². The SMILES string of the molecule is CCOC(=O)C(=O)C(N)C(=O)[C@@H]1CC[C@H](OC)C/[N+]1=N\c1ccccc1. The second-order valence-electron chi connectivity index (χ2n) is 5.97. The maximum absolute atomic E-state index is 12.7. The molecule has 0 aliphatic carbocycles. The fourth-order valence-corrected chi connectivity index (χ4v) is 2.82. The highest BCUT2D eigenvalue weighted by atomic mass is 16.5. The summed E-state index contributed by atoms with van der Waals surface area (Å²) in [4.78, 5) is 36.3. The summed E-state index contributed by atoms with van der Waals surface area (Å²) in [6.45, 7) is 2.01. The average Bonchev–Trinajstić information content (AvgIpc) is 2.67. The Kier molecular flexibility index (Phi) is 7.11. The number of rotatable bonds is 7. The van der Waals surface area contributed by atoms with Crippen LogP contribution >= 0.6 is 0 Å². The number of hydrogen-bond donors (Lipinski definition) is 1. The van der Waals surface area contributed by atoms with E-state index >= 15 is 0 Å². The normalized spacial score (nSPS) is 22.7. The number of hydrogen-bond acceptors (Lipinski definition) is 7. The van der Waals surface area contributed by atoms with Gasteiger partial charge in [0.1, 0.15) is 17.8 Å². The van der Waals surface area contributed by atoms with Gasteiger partial charge in [0.25, 0.3) is 5.78 Å². The van der Waals surface area contributed by atoms with E-state index in [0.717, 1.165) is 0 Å². The van der Waals surface area contributed by atoms with E-state index in [2.05, 4.69) is 9.85 Å². The minimum Gasteiger partial charge on any atom is -0.460 e. The topological polar surface area (TPSA) is 111 Å². The molecule has 1 heterocycles. The summed E-state index contributed by atoms with van der Waals surface area (Å²) < 4.78 is 11.6. The highest BCUT2D eigenvalue weighted by molar-refractivity contribution is 6.40. The molecule has 2 N–H and O–H groups in total. The summed E-state index contributed by atoms with van der Waals surface area (Å²) in [7, 11) is 1.60. The standard InChI is InChI=1S/C18H24N3O5/c1-3-26-18(24)17(23)15(19)16(22)14-10-9-13(25-2)11-21(14)20-12-7-5-4-6-8-12/h4-8,13-15H,3,9-11,19H2,1-2H3/q+1/b21-20+/t13-,14-,15?/m0/s1. The molecule has 1 aliphatic rings. The van der Waals surface area contributed by atoms with Crippen LogP contribution in [0.25, 0.3) is 0 Å². The number of nitrogens with zero attached hydrogens (tertiary/aromatic N) is 2. The maximum atomic E-state index is 12.7. The molecule has 3 atom stereocenters. The summed E-state index contributed by atoms with van der Waals surface area (Å²) in [6, 6.07) is 6.89. The first-order valence-electron chi connectivity index (χ1n) is 8.54. The van der Waals surface area contributed by atoms with Crippen molar-refractivity contribution in [2.45, 2.75) is 38.0 Å². The van der Waals surface area contributed by atoms with Gasteiger partial charge < -0.3 is 15.2 Å². The number of ketones is 2. The number of esters is 1. The van der Waals surface area contributed by atoms with Gasteiger partial charge in [0.2, 0.25) is 11.8 Å². The predicted octanol–water partition coefficient (Wildman–Crippen LogP) is 0.989. The van der Waals surface area contributed by atoms with Gasteiger partial charge in [0, 0.05) is 13.5 Å². The lowest BCUT2D eigenvalue weighted by Crippen LogP contribution is -2.53. The van der Waals surface area contributed by atoms with Crippen LogP contribution in [0, 0.1) is 0 Å². The Bertz CT molecular complexity index is 689. The Hall–Kier alpha value is -2.45. The minimum atomic E-state index is -1.56. The van der Waals surface area contributed by atoms with Gasteiger partial charge in [0.15, 0.2) is 6.54 Å². The summed E-state index contributed by atoms with van der Waals surface area (Å²) in [6.07, 6.45) is 0.981. The number of ether oxygens (including phenoxy) is 2. The monoisotopic (exact) mass is 362 g/mol. The third kappa shape index (κ3) is 4.80. The molecule has 1 unspecified atom stereocenters.